The number of hydrogen-bond donors (Lipinski definition) is 0. The van der Waals surface area contributed by atoms with Crippen LogP contribution >= 0.6 is 0 Å². The molecule has 0 N–H and O–H groups in total. The Labute approximate surface area is 144 Å². The summed E-state index contributed by atoms with van der Waals surface area (Å²) in [6.07, 6.45) is 1.42. The Balaban J connectivity index is 1.96. The maximum Gasteiger partial charge on any atom is 0.410 e. The first kappa shape index (κ1) is 18.3. The molecule has 1 aliphatic heterocycles. The number of benzene rings is 1. The van der Waals surface area contributed by atoms with Crippen molar-refractivity contribution in [2.75, 3.05) is 26.2 Å². The van der Waals surface area contributed by atoms with Crippen LogP contribution in [0.15, 0.2) is 24.3 Å². The monoisotopic (exact) mass is 332 g/mol. The van der Waals surface area contributed by atoms with Crippen LogP contribution in [-0.2, 0) is 11.2 Å². The zero-order valence-electron chi connectivity index (χ0n) is 15.2. The quantitative estimate of drug-likeness (QED) is 0.835. The van der Waals surface area contributed by atoms with Crippen LogP contribution in [0.2, 0.25) is 0 Å². The molecule has 24 heavy (non-hydrogen) atoms. The van der Waals surface area contributed by atoms with Gasteiger partial charge in [0.1, 0.15) is 5.60 Å². The summed E-state index contributed by atoms with van der Waals surface area (Å²) >= 11 is 0. The molecule has 5 nitrogen and oxygen atoms in total. The van der Waals surface area contributed by atoms with Gasteiger partial charge in [0.05, 0.1) is 0 Å². The standard InChI is InChI=1S/C19H28N2O3/c1-5-15-7-9-16(10-8-15)17(22)20-11-6-12-21(14-13-20)18(23)24-19(2,3)4/h7-10H,5-6,11-14H2,1-4H3. The minimum atomic E-state index is -0.500. The lowest BCUT2D eigenvalue weighted by Crippen LogP contribution is -2.40. The number of amides is 2. The molecular formula is C19H28N2O3. The van der Waals surface area contributed by atoms with Gasteiger partial charge in [0.15, 0.2) is 0 Å². The highest BCUT2D eigenvalue weighted by molar-refractivity contribution is 5.94. The third-order valence-corrected chi connectivity index (χ3v) is 4.04. The highest BCUT2D eigenvalue weighted by Crippen LogP contribution is 2.14. The summed E-state index contributed by atoms with van der Waals surface area (Å²) in [7, 11) is 0. The van der Waals surface area contributed by atoms with Crippen molar-refractivity contribution < 1.29 is 14.3 Å². The minimum absolute atomic E-state index is 0.0312. The molecular weight excluding hydrogens is 304 g/mol. The molecule has 1 fully saturated rings. The second-order valence-corrected chi connectivity index (χ2v) is 7.16. The van der Waals surface area contributed by atoms with Crippen molar-refractivity contribution in [3.8, 4) is 0 Å². The maximum atomic E-state index is 12.6. The molecule has 132 valence electrons. The predicted octanol–water partition coefficient (Wildman–Crippen LogP) is 3.33. The van der Waals surface area contributed by atoms with Gasteiger partial charge in [0, 0.05) is 31.7 Å². The number of aryl methyl sites for hydroxylation is 1. The molecule has 2 amide bonds. The first-order valence-electron chi connectivity index (χ1n) is 8.66. The van der Waals surface area contributed by atoms with Crippen LogP contribution in [0.5, 0.6) is 0 Å². The van der Waals surface area contributed by atoms with E-state index in [1.165, 1.54) is 5.56 Å². The molecule has 0 spiro atoms. The van der Waals surface area contributed by atoms with E-state index >= 15 is 0 Å². The molecule has 1 heterocycles. The third-order valence-electron chi connectivity index (χ3n) is 4.04. The Morgan fingerprint density at radius 3 is 2.17 bits per heavy atom. The van der Waals surface area contributed by atoms with Crippen LogP contribution in [0, 0.1) is 0 Å². The number of hydrogen-bond acceptors (Lipinski definition) is 3. The average Bonchev–Trinajstić information content (AvgIpc) is 2.79. The van der Waals surface area contributed by atoms with E-state index in [4.69, 9.17) is 4.74 Å². The Kier molecular flexibility index (Phi) is 5.86. The summed E-state index contributed by atoms with van der Waals surface area (Å²) in [6.45, 7) is 9.99. The lowest BCUT2D eigenvalue weighted by Gasteiger charge is -2.26. The fourth-order valence-electron chi connectivity index (χ4n) is 2.70. The number of carbonyl (C=O) groups excluding carboxylic acids is 2. The van der Waals surface area contributed by atoms with Crippen molar-refractivity contribution in [2.45, 2.75) is 46.1 Å². The Morgan fingerprint density at radius 2 is 1.58 bits per heavy atom. The van der Waals surface area contributed by atoms with Gasteiger partial charge >= 0.3 is 6.09 Å². The van der Waals surface area contributed by atoms with E-state index in [0.29, 0.717) is 31.7 Å². The number of nitrogens with zero attached hydrogens (tertiary/aromatic N) is 2. The zero-order valence-corrected chi connectivity index (χ0v) is 15.2. The molecule has 0 saturated carbocycles. The molecule has 0 aliphatic carbocycles. The Morgan fingerprint density at radius 1 is 1.00 bits per heavy atom. The summed E-state index contributed by atoms with van der Waals surface area (Å²) in [5, 5.41) is 0. The normalized spacial score (nSPS) is 15.8. The van der Waals surface area contributed by atoms with Gasteiger partial charge in [-0.05, 0) is 51.3 Å². The molecule has 1 saturated heterocycles. The molecule has 0 bridgehead atoms. The van der Waals surface area contributed by atoms with Gasteiger partial charge in [0.25, 0.3) is 5.91 Å². The first-order valence-corrected chi connectivity index (χ1v) is 8.66. The van der Waals surface area contributed by atoms with Crippen LogP contribution in [-0.4, -0.2) is 53.6 Å². The van der Waals surface area contributed by atoms with Crippen molar-refractivity contribution >= 4 is 12.0 Å². The highest BCUT2D eigenvalue weighted by atomic mass is 16.6. The molecule has 2 rings (SSSR count). The minimum Gasteiger partial charge on any atom is -0.444 e. The second kappa shape index (κ2) is 7.69. The summed E-state index contributed by atoms with van der Waals surface area (Å²) in [5.41, 5.74) is 1.43. The molecule has 1 aromatic rings. The van der Waals surface area contributed by atoms with Crippen LogP contribution < -0.4 is 0 Å². The summed E-state index contributed by atoms with van der Waals surface area (Å²) in [4.78, 5) is 28.4. The smallest absolute Gasteiger partial charge is 0.410 e. The molecule has 1 aromatic carbocycles. The average molecular weight is 332 g/mol. The van der Waals surface area contributed by atoms with Gasteiger partial charge in [-0.3, -0.25) is 4.79 Å². The highest BCUT2D eigenvalue weighted by Gasteiger charge is 2.26. The van der Waals surface area contributed by atoms with Gasteiger partial charge in [-0.15, -0.1) is 0 Å². The molecule has 1 aliphatic rings. The lowest BCUT2D eigenvalue weighted by atomic mass is 10.1. The zero-order chi connectivity index (χ0) is 17.7. The number of rotatable bonds is 2. The molecule has 0 atom stereocenters. The summed E-state index contributed by atoms with van der Waals surface area (Å²) in [5.74, 6) is 0.0312. The predicted molar refractivity (Wildman–Crippen MR) is 94.1 cm³/mol. The topological polar surface area (TPSA) is 49.9 Å². The lowest BCUT2D eigenvalue weighted by molar-refractivity contribution is 0.0255. The SMILES string of the molecule is CCc1ccc(C(=O)N2CCCN(C(=O)OC(C)(C)C)CC2)cc1. The Hall–Kier alpha value is -2.04. The van der Waals surface area contributed by atoms with Crippen molar-refractivity contribution in [1.29, 1.82) is 0 Å². The van der Waals surface area contributed by atoms with Crippen molar-refractivity contribution in [3.63, 3.8) is 0 Å². The maximum absolute atomic E-state index is 12.6. The van der Waals surface area contributed by atoms with Crippen molar-refractivity contribution in [1.82, 2.24) is 9.80 Å². The molecule has 0 unspecified atom stereocenters. The van der Waals surface area contributed by atoms with Crippen LogP contribution in [0.4, 0.5) is 4.79 Å². The van der Waals surface area contributed by atoms with E-state index in [-0.39, 0.29) is 12.0 Å². The molecule has 5 heteroatoms. The van der Waals surface area contributed by atoms with E-state index in [9.17, 15) is 9.59 Å². The van der Waals surface area contributed by atoms with E-state index in [1.54, 1.807) is 4.90 Å². The van der Waals surface area contributed by atoms with Gasteiger partial charge in [-0.2, -0.15) is 0 Å². The number of carbonyl (C=O) groups is 2. The molecule has 0 radical (unpaired) electrons. The fraction of sp³-hybridized carbons (Fsp3) is 0.579. The second-order valence-electron chi connectivity index (χ2n) is 7.16. The van der Waals surface area contributed by atoms with Gasteiger partial charge in [-0.25, -0.2) is 4.79 Å². The largest absolute Gasteiger partial charge is 0.444 e. The van der Waals surface area contributed by atoms with E-state index in [0.717, 1.165) is 12.8 Å². The van der Waals surface area contributed by atoms with Gasteiger partial charge < -0.3 is 14.5 Å². The molecule has 0 aromatic heterocycles. The first-order chi connectivity index (χ1) is 11.3. The van der Waals surface area contributed by atoms with E-state index in [2.05, 4.69) is 6.92 Å². The van der Waals surface area contributed by atoms with Crippen LogP contribution in [0.1, 0.15) is 50.0 Å². The number of ether oxygens (including phenoxy) is 1. The van der Waals surface area contributed by atoms with Crippen molar-refractivity contribution in [2.24, 2.45) is 0 Å². The van der Waals surface area contributed by atoms with Gasteiger partial charge in [0.2, 0.25) is 0 Å². The van der Waals surface area contributed by atoms with Crippen LogP contribution in [0.25, 0.3) is 0 Å². The fourth-order valence-corrected chi connectivity index (χ4v) is 2.70. The third kappa shape index (κ3) is 4.98. The Bertz CT molecular complexity index is 575. The summed E-state index contributed by atoms with van der Waals surface area (Å²) in [6, 6.07) is 7.77. The van der Waals surface area contributed by atoms with E-state index < -0.39 is 5.60 Å². The van der Waals surface area contributed by atoms with Crippen LogP contribution in [0.3, 0.4) is 0 Å². The van der Waals surface area contributed by atoms with E-state index in [1.807, 2.05) is 49.9 Å². The summed E-state index contributed by atoms with van der Waals surface area (Å²) < 4.78 is 5.42. The van der Waals surface area contributed by atoms with Crippen molar-refractivity contribution in [3.05, 3.63) is 35.4 Å². The van der Waals surface area contributed by atoms with Gasteiger partial charge in [-0.1, -0.05) is 19.1 Å².